The van der Waals surface area contributed by atoms with Crippen molar-refractivity contribution in [3.05, 3.63) is 0 Å². The highest BCUT2D eigenvalue weighted by Crippen LogP contribution is 2.31. The van der Waals surface area contributed by atoms with Gasteiger partial charge in [-0.05, 0) is 0 Å². The van der Waals surface area contributed by atoms with Gasteiger partial charge in [-0.3, -0.25) is 9.59 Å². The molecular formula is C12H17NO6S2. The van der Waals surface area contributed by atoms with Gasteiger partial charge in [-0.1, -0.05) is 18.7 Å². The van der Waals surface area contributed by atoms with E-state index in [9.17, 15) is 24.3 Å². The van der Waals surface area contributed by atoms with Crippen LogP contribution in [0, 0.1) is 5.92 Å². The second-order valence-corrected chi connectivity index (χ2v) is 6.82. The Bertz CT molecular complexity index is 455. The fourth-order valence-corrected chi connectivity index (χ4v) is 3.69. The lowest BCUT2D eigenvalue weighted by atomic mass is 10.1. The van der Waals surface area contributed by atoms with Crippen molar-refractivity contribution < 1.29 is 29.0 Å². The lowest BCUT2D eigenvalue weighted by Crippen LogP contribution is -2.50. The van der Waals surface area contributed by atoms with Crippen molar-refractivity contribution in [2.24, 2.45) is 5.92 Å². The maximum absolute atomic E-state index is 12.4. The molecule has 0 saturated carbocycles. The van der Waals surface area contributed by atoms with Crippen molar-refractivity contribution in [3.63, 3.8) is 0 Å². The van der Waals surface area contributed by atoms with E-state index in [1.54, 1.807) is 6.92 Å². The molecule has 1 aliphatic rings. The predicted molar refractivity (Wildman–Crippen MR) is 78.8 cm³/mol. The molecule has 0 unspecified atom stereocenters. The molecule has 118 valence electrons. The van der Waals surface area contributed by atoms with Crippen LogP contribution in [-0.2, 0) is 23.9 Å². The minimum Gasteiger partial charge on any atom is -0.479 e. The van der Waals surface area contributed by atoms with Crippen molar-refractivity contribution in [1.82, 2.24) is 4.90 Å². The molecule has 0 bridgehead atoms. The summed E-state index contributed by atoms with van der Waals surface area (Å²) in [6, 6.07) is -0.904. The molecule has 1 saturated heterocycles. The van der Waals surface area contributed by atoms with Crippen LogP contribution in [0.1, 0.15) is 13.8 Å². The van der Waals surface area contributed by atoms with Gasteiger partial charge in [0.05, 0.1) is 7.11 Å². The average molecular weight is 335 g/mol. The third-order valence-electron chi connectivity index (χ3n) is 2.90. The van der Waals surface area contributed by atoms with Crippen LogP contribution in [0.4, 0.5) is 0 Å². The summed E-state index contributed by atoms with van der Waals surface area (Å²) in [6.45, 7) is 3.00. The van der Waals surface area contributed by atoms with Gasteiger partial charge in [-0.2, -0.15) is 0 Å². The molecule has 7 nitrogen and oxygen atoms in total. The molecule has 9 heteroatoms. The van der Waals surface area contributed by atoms with E-state index < -0.39 is 35.2 Å². The van der Waals surface area contributed by atoms with E-state index in [0.29, 0.717) is 0 Å². The van der Waals surface area contributed by atoms with Crippen molar-refractivity contribution in [1.29, 1.82) is 0 Å². The zero-order valence-electron chi connectivity index (χ0n) is 11.9. The fraction of sp³-hybridized carbons (Fsp3) is 0.667. The van der Waals surface area contributed by atoms with Crippen LogP contribution in [0.5, 0.6) is 0 Å². The molecule has 0 aromatic rings. The van der Waals surface area contributed by atoms with Crippen molar-refractivity contribution >= 4 is 46.5 Å². The van der Waals surface area contributed by atoms with Gasteiger partial charge in [0.25, 0.3) is 0 Å². The lowest BCUT2D eigenvalue weighted by molar-refractivity contribution is -0.156. The second kappa shape index (κ2) is 7.69. The molecular weight excluding hydrogens is 318 g/mol. The normalized spacial score (nSPS) is 22.7. The number of carboxylic acids is 1. The van der Waals surface area contributed by atoms with Crippen molar-refractivity contribution in [2.75, 3.05) is 18.6 Å². The summed E-state index contributed by atoms with van der Waals surface area (Å²) < 4.78 is 4.62. The van der Waals surface area contributed by atoms with Crippen LogP contribution < -0.4 is 0 Å². The molecule has 0 radical (unpaired) electrons. The molecule has 1 N–H and O–H groups in total. The number of rotatable bonds is 5. The van der Waals surface area contributed by atoms with Gasteiger partial charge in [0.15, 0.2) is 10.5 Å². The minimum atomic E-state index is -1.17. The number of aliphatic carboxylic acids is 1. The monoisotopic (exact) mass is 335 g/mol. The molecule has 1 rings (SSSR count). The van der Waals surface area contributed by atoms with Crippen molar-refractivity contribution in [2.45, 2.75) is 25.3 Å². The van der Waals surface area contributed by atoms with Crippen molar-refractivity contribution in [3.8, 4) is 0 Å². The van der Waals surface area contributed by atoms with Gasteiger partial charge < -0.3 is 14.7 Å². The van der Waals surface area contributed by atoms with Gasteiger partial charge in [-0.15, -0.1) is 11.8 Å². The number of nitrogens with zero attached hydrogens (tertiary/aromatic N) is 1. The molecule has 0 aromatic carbocycles. The zero-order valence-corrected chi connectivity index (χ0v) is 13.5. The number of carbonyl (C=O) groups is 4. The van der Waals surface area contributed by atoms with Crippen LogP contribution in [0.15, 0.2) is 0 Å². The van der Waals surface area contributed by atoms with Crippen LogP contribution >= 0.6 is 23.5 Å². The van der Waals surface area contributed by atoms with E-state index in [-0.39, 0.29) is 16.6 Å². The molecule has 1 aliphatic heterocycles. The van der Waals surface area contributed by atoms with Gasteiger partial charge in [0, 0.05) is 24.3 Å². The zero-order chi connectivity index (χ0) is 16.2. The quantitative estimate of drug-likeness (QED) is 0.722. The largest absolute Gasteiger partial charge is 0.479 e. The van der Waals surface area contributed by atoms with E-state index in [1.807, 2.05) is 0 Å². The van der Waals surface area contributed by atoms with E-state index in [1.165, 1.54) is 14.0 Å². The van der Waals surface area contributed by atoms with Gasteiger partial charge in [0.2, 0.25) is 5.91 Å². The van der Waals surface area contributed by atoms with Crippen LogP contribution in [-0.4, -0.2) is 63.0 Å². The molecule has 1 fully saturated rings. The fourth-order valence-electron chi connectivity index (χ4n) is 1.85. The maximum atomic E-state index is 12.4. The highest BCUT2D eigenvalue weighted by atomic mass is 32.2. The molecule has 1 amide bonds. The number of amides is 1. The SMILES string of the molecule is COC(=O)[C@H]1CS[C@@H](C(=O)O)N1C(=O)[C@H](C)CSC(C)=O. The first-order valence-electron chi connectivity index (χ1n) is 6.17. The van der Waals surface area contributed by atoms with E-state index in [4.69, 9.17) is 0 Å². The Kier molecular flexibility index (Phi) is 6.53. The minimum absolute atomic E-state index is 0.121. The summed E-state index contributed by atoms with van der Waals surface area (Å²) in [5.74, 6) is -2.40. The first kappa shape index (κ1) is 17.8. The number of carboxylic acid groups (broad SMARTS) is 1. The van der Waals surface area contributed by atoms with Crippen LogP contribution in [0.3, 0.4) is 0 Å². The average Bonchev–Trinajstić information content (AvgIpc) is 2.87. The van der Waals surface area contributed by atoms with E-state index in [2.05, 4.69) is 4.74 Å². The summed E-state index contributed by atoms with van der Waals surface area (Å²) in [5.41, 5.74) is 0. The Hall–Kier alpha value is -1.22. The van der Waals surface area contributed by atoms with E-state index in [0.717, 1.165) is 28.4 Å². The smallest absolute Gasteiger partial charge is 0.337 e. The maximum Gasteiger partial charge on any atom is 0.337 e. The summed E-state index contributed by atoms with van der Waals surface area (Å²) in [4.78, 5) is 47.4. The standard InChI is InChI=1S/C12H17NO6S2/c1-6(4-20-7(2)14)9(15)13-8(12(18)19-3)5-21-10(13)11(16)17/h6,8,10H,4-5H2,1-3H3,(H,16,17)/t6-,8-,10+/m1/s1. The topological polar surface area (TPSA) is 101 Å². The number of hydrogen-bond acceptors (Lipinski definition) is 7. The van der Waals surface area contributed by atoms with Crippen LogP contribution in [0.2, 0.25) is 0 Å². The third-order valence-corrected chi connectivity index (χ3v) is 5.22. The number of carbonyl (C=O) groups excluding carboxylic acids is 3. The first-order valence-corrected chi connectivity index (χ1v) is 8.20. The lowest BCUT2D eigenvalue weighted by Gasteiger charge is -2.28. The van der Waals surface area contributed by atoms with E-state index >= 15 is 0 Å². The summed E-state index contributed by atoms with van der Waals surface area (Å²) in [6.07, 6.45) is 0. The van der Waals surface area contributed by atoms with Gasteiger partial charge in [-0.25, -0.2) is 9.59 Å². The van der Waals surface area contributed by atoms with Gasteiger partial charge >= 0.3 is 11.9 Å². The number of esters is 1. The first-order chi connectivity index (χ1) is 9.79. The van der Waals surface area contributed by atoms with Gasteiger partial charge in [0.1, 0.15) is 6.04 Å². The number of methoxy groups -OCH3 is 1. The molecule has 1 heterocycles. The Morgan fingerprint density at radius 1 is 1.43 bits per heavy atom. The predicted octanol–water partition coefficient (Wildman–Crippen LogP) is 0.430. The molecule has 0 aromatic heterocycles. The summed E-state index contributed by atoms with van der Waals surface area (Å²) in [5, 5.41) is 7.95. The number of hydrogen-bond donors (Lipinski definition) is 1. The second-order valence-electron chi connectivity index (χ2n) is 4.51. The Labute approximate surface area is 130 Å². The highest BCUT2D eigenvalue weighted by molar-refractivity contribution is 8.13. The molecule has 0 spiro atoms. The summed E-state index contributed by atoms with van der Waals surface area (Å²) in [7, 11) is 1.19. The Balaban J connectivity index is 2.89. The highest BCUT2D eigenvalue weighted by Gasteiger charge is 2.46. The third kappa shape index (κ3) is 4.37. The summed E-state index contributed by atoms with van der Waals surface area (Å²) >= 11 is 2.01. The number of thioether (sulfide) groups is 2. The van der Waals surface area contributed by atoms with Crippen LogP contribution in [0.25, 0.3) is 0 Å². The Morgan fingerprint density at radius 2 is 2.05 bits per heavy atom. The molecule has 3 atom stereocenters. The molecule has 21 heavy (non-hydrogen) atoms. The number of ether oxygens (including phenoxy) is 1. The Morgan fingerprint density at radius 3 is 2.52 bits per heavy atom. The molecule has 0 aliphatic carbocycles.